The summed E-state index contributed by atoms with van der Waals surface area (Å²) in [6, 6.07) is 7.80. The van der Waals surface area contributed by atoms with Crippen LogP contribution < -0.4 is 10.2 Å². The third-order valence-corrected chi connectivity index (χ3v) is 2.86. The number of nitrogens with zero attached hydrogens (tertiary/aromatic N) is 3. The Morgan fingerprint density at radius 3 is 2.80 bits per heavy atom. The molecule has 0 bridgehead atoms. The molecule has 104 valence electrons. The Bertz CT molecular complexity index is 614. The number of hydrogen-bond acceptors (Lipinski definition) is 5. The highest BCUT2D eigenvalue weighted by atomic mass is 16.4. The number of nitrogens with one attached hydrogen (secondary N) is 1. The summed E-state index contributed by atoms with van der Waals surface area (Å²) < 4.78 is 0. The Morgan fingerprint density at radius 2 is 2.10 bits per heavy atom. The zero-order chi connectivity index (χ0) is 14.5. The molecule has 1 aromatic carbocycles. The van der Waals surface area contributed by atoms with Crippen LogP contribution in [-0.2, 0) is 6.54 Å². The van der Waals surface area contributed by atoms with Crippen molar-refractivity contribution in [3.8, 4) is 0 Å². The first-order chi connectivity index (χ1) is 9.59. The quantitative estimate of drug-likeness (QED) is 0.865. The van der Waals surface area contributed by atoms with E-state index in [-0.39, 0.29) is 5.56 Å². The minimum absolute atomic E-state index is 0.113. The summed E-state index contributed by atoms with van der Waals surface area (Å²) in [7, 11) is 3.90. The Balaban J connectivity index is 2.20. The molecule has 1 aromatic heterocycles. The normalized spacial score (nSPS) is 10.1. The maximum Gasteiger partial charge on any atom is 0.339 e. The smallest absolute Gasteiger partial charge is 0.339 e. The summed E-state index contributed by atoms with van der Waals surface area (Å²) in [4.78, 5) is 20.8. The molecule has 2 N–H and O–H groups in total. The lowest BCUT2D eigenvalue weighted by molar-refractivity contribution is 0.0694. The highest BCUT2D eigenvalue weighted by Crippen LogP contribution is 2.24. The standard InChI is InChI=1S/C14H16N4O2/c1-18(2)13-6-4-3-5-11(13)16-8-12-10(14(19)20)7-15-9-17-12/h3-7,9,16H,8H2,1-2H3,(H,19,20). The highest BCUT2D eigenvalue weighted by Gasteiger charge is 2.11. The third kappa shape index (κ3) is 3.03. The van der Waals surface area contributed by atoms with E-state index in [0.29, 0.717) is 12.2 Å². The van der Waals surface area contributed by atoms with Crippen molar-refractivity contribution in [2.75, 3.05) is 24.3 Å². The molecule has 0 aliphatic rings. The molecule has 1 heterocycles. The minimum Gasteiger partial charge on any atom is -0.478 e. The summed E-state index contributed by atoms with van der Waals surface area (Å²) in [6.07, 6.45) is 2.66. The summed E-state index contributed by atoms with van der Waals surface area (Å²) in [5, 5.41) is 12.3. The van der Waals surface area contributed by atoms with E-state index in [0.717, 1.165) is 11.4 Å². The van der Waals surface area contributed by atoms with Gasteiger partial charge in [0.15, 0.2) is 0 Å². The van der Waals surface area contributed by atoms with Crippen LogP contribution in [0, 0.1) is 0 Å². The molecule has 0 amide bonds. The van der Waals surface area contributed by atoms with Crippen molar-refractivity contribution >= 4 is 17.3 Å². The van der Waals surface area contributed by atoms with Gasteiger partial charge in [0.05, 0.1) is 23.6 Å². The first kappa shape index (κ1) is 13.8. The van der Waals surface area contributed by atoms with Crippen LogP contribution in [-0.4, -0.2) is 35.1 Å². The van der Waals surface area contributed by atoms with E-state index in [1.54, 1.807) is 0 Å². The number of aromatic nitrogens is 2. The molecular formula is C14H16N4O2. The van der Waals surface area contributed by atoms with Gasteiger partial charge in [-0.15, -0.1) is 0 Å². The van der Waals surface area contributed by atoms with E-state index in [9.17, 15) is 4.79 Å². The van der Waals surface area contributed by atoms with Crippen LogP contribution in [0.3, 0.4) is 0 Å². The lowest BCUT2D eigenvalue weighted by atomic mass is 10.2. The second-order valence-corrected chi connectivity index (χ2v) is 4.45. The number of anilines is 2. The summed E-state index contributed by atoms with van der Waals surface area (Å²) in [6.45, 7) is 0.328. The van der Waals surface area contributed by atoms with Crippen LogP contribution in [0.25, 0.3) is 0 Å². The molecule has 0 aliphatic heterocycles. The molecular weight excluding hydrogens is 256 g/mol. The van der Waals surface area contributed by atoms with Crippen LogP contribution in [0.5, 0.6) is 0 Å². The molecule has 0 spiro atoms. The average Bonchev–Trinajstić information content (AvgIpc) is 2.45. The summed E-state index contributed by atoms with van der Waals surface area (Å²) in [5.41, 5.74) is 2.52. The van der Waals surface area contributed by atoms with Crippen molar-refractivity contribution in [1.82, 2.24) is 9.97 Å². The maximum absolute atomic E-state index is 11.1. The van der Waals surface area contributed by atoms with Gasteiger partial charge in [-0.1, -0.05) is 12.1 Å². The van der Waals surface area contributed by atoms with Crippen molar-refractivity contribution in [3.05, 3.63) is 48.0 Å². The maximum atomic E-state index is 11.1. The highest BCUT2D eigenvalue weighted by molar-refractivity contribution is 5.88. The van der Waals surface area contributed by atoms with Gasteiger partial charge < -0.3 is 15.3 Å². The molecule has 0 unspecified atom stereocenters. The van der Waals surface area contributed by atoms with E-state index < -0.39 is 5.97 Å². The second-order valence-electron chi connectivity index (χ2n) is 4.45. The molecule has 0 radical (unpaired) electrons. The van der Waals surface area contributed by atoms with Crippen molar-refractivity contribution in [1.29, 1.82) is 0 Å². The monoisotopic (exact) mass is 272 g/mol. The molecule has 0 saturated heterocycles. The van der Waals surface area contributed by atoms with Crippen LogP contribution in [0.1, 0.15) is 16.1 Å². The summed E-state index contributed by atoms with van der Waals surface area (Å²) in [5.74, 6) is -1.02. The van der Waals surface area contributed by atoms with Crippen LogP contribution in [0.4, 0.5) is 11.4 Å². The zero-order valence-electron chi connectivity index (χ0n) is 11.4. The van der Waals surface area contributed by atoms with Crippen LogP contribution in [0.2, 0.25) is 0 Å². The largest absolute Gasteiger partial charge is 0.478 e. The Morgan fingerprint density at radius 1 is 1.35 bits per heavy atom. The van der Waals surface area contributed by atoms with Crippen LogP contribution >= 0.6 is 0 Å². The first-order valence-corrected chi connectivity index (χ1v) is 6.12. The predicted octanol–water partition coefficient (Wildman–Crippen LogP) is 1.85. The number of para-hydroxylation sites is 2. The van der Waals surface area contributed by atoms with Gasteiger partial charge in [0.2, 0.25) is 0 Å². The molecule has 0 saturated carbocycles. The topological polar surface area (TPSA) is 78.3 Å². The fraction of sp³-hybridized carbons (Fsp3) is 0.214. The molecule has 0 atom stereocenters. The number of aromatic carboxylic acids is 1. The lowest BCUT2D eigenvalue weighted by Crippen LogP contribution is -2.14. The molecule has 2 rings (SSSR count). The Hall–Kier alpha value is -2.63. The average molecular weight is 272 g/mol. The predicted molar refractivity (Wildman–Crippen MR) is 77.1 cm³/mol. The third-order valence-electron chi connectivity index (χ3n) is 2.86. The van der Waals surface area contributed by atoms with Crippen molar-refractivity contribution in [3.63, 3.8) is 0 Å². The Kier molecular flexibility index (Phi) is 4.14. The minimum atomic E-state index is -1.02. The number of carbonyl (C=O) groups is 1. The fourth-order valence-corrected chi connectivity index (χ4v) is 1.87. The summed E-state index contributed by atoms with van der Waals surface area (Å²) >= 11 is 0. The van der Waals surface area contributed by atoms with Crippen LogP contribution in [0.15, 0.2) is 36.8 Å². The van der Waals surface area contributed by atoms with E-state index in [1.165, 1.54) is 12.5 Å². The molecule has 6 nitrogen and oxygen atoms in total. The number of rotatable bonds is 5. The molecule has 6 heteroatoms. The lowest BCUT2D eigenvalue weighted by Gasteiger charge is -2.18. The van der Waals surface area contributed by atoms with Crippen molar-refractivity contribution < 1.29 is 9.90 Å². The van der Waals surface area contributed by atoms with Gasteiger partial charge in [0, 0.05) is 20.3 Å². The second kappa shape index (κ2) is 6.01. The van der Waals surface area contributed by atoms with E-state index in [4.69, 9.17) is 5.11 Å². The fourth-order valence-electron chi connectivity index (χ4n) is 1.87. The zero-order valence-corrected chi connectivity index (χ0v) is 11.4. The molecule has 2 aromatic rings. The van der Waals surface area contributed by atoms with E-state index in [1.807, 2.05) is 43.3 Å². The van der Waals surface area contributed by atoms with Gasteiger partial charge in [-0.3, -0.25) is 0 Å². The SMILES string of the molecule is CN(C)c1ccccc1NCc1ncncc1C(=O)O. The Labute approximate surface area is 117 Å². The molecule has 20 heavy (non-hydrogen) atoms. The van der Waals surface area contributed by atoms with E-state index >= 15 is 0 Å². The number of hydrogen-bond donors (Lipinski definition) is 2. The number of carboxylic acids is 1. The van der Waals surface area contributed by atoms with Gasteiger partial charge in [-0.2, -0.15) is 0 Å². The molecule has 0 fully saturated rings. The van der Waals surface area contributed by atoms with Gasteiger partial charge in [-0.25, -0.2) is 14.8 Å². The van der Waals surface area contributed by atoms with Crippen molar-refractivity contribution in [2.45, 2.75) is 6.54 Å². The van der Waals surface area contributed by atoms with Gasteiger partial charge in [0.1, 0.15) is 11.9 Å². The number of carboxylic acid groups (broad SMARTS) is 1. The van der Waals surface area contributed by atoms with Gasteiger partial charge in [0.25, 0.3) is 0 Å². The molecule has 0 aliphatic carbocycles. The number of benzene rings is 1. The van der Waals surface area contributed by atoms with Gasteiger partial charge in [-0.05, 0) is 12.1 Å². The van der Waals surface area contributed by atoms with Crippen molar-refractivity contribution in [2.24, 2.45) is 0 Å². The van der Waals surface area contributed by atoms with Gasteiger partial charge >= 0.3 is 5.97 Å². The van der Waals surface area contributed by atoms with E-state index in [2.05, 4.69) is 15.3 Å². The first-order valence-electron chi connectivity index (χ1n) is 6.12.